The van der Waals surface area contributed by atoms with Gasteiger partial charge in [0.25, 0.3) is 5.91 Å². The van der Waals surface area contributed by atoms with E-state index in [1.54, 1.807) is 50.6 Å². The molecule has 0 fully saturated rings. The maximum atomic E-state index is 13.4. The van der Waals surface area contributed by atoms with Crippen LogP contribution in [0.3, 0.4) is 0 Å². The van der Waals surface area contributed by atoms with Crippen LogP contribution in [0.15, 0.2) is 72.8 Å². The third-order valence-electron chi connectivity index (χ3n) is 5.75. The number of para-hydroxylation sites is 1. The van der Waals surface area contributed by atoms with E-state index in [0.717, 1.165) is 23.8 Å². The van der Waals surface area contributed by atoms with Gasteiger partial charge in [-0.3, -0.25) is 4.79 Å². The second kappa shape index (κ2) is 11.4. The van der Waals surface area contributed by atoms with Crippen LogP contribution < -0.4 is 14.8 Å². The van der Waals surface area contributed by atoms with Crippen molar-refractivity contribution in [2.24, 2.45) is 0 Å². The standard InChI is InChI=1S/C29H28N2O5/c1-4-5-16-36-29(33)19-10-13-21(14-11-19)30-28(32)23-18-25(31-24-9-7-6-8-22(23)24)20-12-15-26(34-2)27(17-20)35-3/h6-15,17-18H,4-5,16H2,1-3H3,(H,30,32). The number of nitrogens with one attached hydrogen (secondary N) is 1. The van der Waals surface area contributed by atoms with Crippen LogP contribution in [0.1, 0.15) is 40.5 Å². The van der Waals surface area contributed by atoms with Crippen molar-refractivity contribution in [2.75, 3.05) is 26.1 Å². The molecule has 0 spiro atoms. The third-order valence-corrected chi connectivity index (χ3v) is 5.75. The Kier molecular flexibility index (Phi) is 7.80. The van der Waals surface area contributed by atoms with E-state index in [-0.39, 0.29) is 11.9 Å². The van der Waals surface area contributed by atoms with Gasteiger partial charge in [-0.1, -0.05) is 31.5 Å². The van der Waals surface area contributed by atoms with E-state index in [4.69, 9.17) is 19.2 Å². The molecule has 1 heterocycles. The van der Waals surface area contributed by atoms with Gasteiger partial charge in [-0.05, 0) is 61.0 Å². The lowest BCUT2D eigenvalue weighted by molar-refractivity contribution is 0.0499. The molecule has 7 heteroatoms. The van der Waals surface area contributed by atoms with E-state index in [1.807, 2.05) is 43.3 Å². The fourth-order valence-corrected chi connectivity index (χ4v) is 3.79. The van der Waals surface area contributed by atoms with Crippen molar-refractivity contribution in [3.05, 3.63) is 83.9 Å². The molecule has 184 valence electrons. The molecule has 0 atom stereocenters. The summed E-state index contributed by atoms with van der Waals surface area (Å²) in [5.74, 6) is 0.525. The van der Waals surface area contributed by atoms with E-state index in [1.165, 1.54) is 0 Å². The highest BCUT2D eigenvalue weighted by atomic mass is 16.5. The topological polar surface area (TPSA) is 86.8 Å². The number of carbonyl (C=O) groups is 2. The summed E-state index contributed by atoms with van der Waals surface area (Å²) in [5.41, 5.74) is 3.60. The minimum Gasteiger partial charge on any atom is -0.493 e. The lowest BCUT2D eigenvalue weighted by Crippen LogP contribution is -2.13. The molecule has 1 N–H and O–H groups in total. The Morgan fingerprint density at radius 1 is 0.889 bits per heavy atom. The van der Waals surface area contributed by atoms with Crippen molar-refractivity contribution in [3.8, 4) is 22.8 Å². The smallest absolute Gasteiger partial charge is 0.338 e. The average molecular weight is 485 g/mol. The van der Waals surface area contributed by atoms with Gasteiger partial charge in [0.05, 0.1) is 43.2 Å². The number of carbonyl (C=O) groups excluding carboxylic acids is 2. The molecule has 0 saturated carbocycles. The molecule has 36 heavy (non-hydrogen) atoms. The highest BCUT2D eigenvalue weighted by Gasteiger charge is 2.16. The number of amides is 1. The van der Waals surface area contributed by atoms with Crippen LogP contribution >= 0.6 is 0 Å². The van der Waals surface area contributed by atoms with Crippen LogP contribution in [-0.4, -0.2) is 37.7 Å². The van der Waals surface area contributed by atoms with E-state index in [0.29, 0.717) is 46.1 Å². The number of fused-ring (bicyclic) bond motifs is 1. The minimum absolute atomic E-state index is 0.284. The Bertz CT molecular complexity index is 1380. The molecule has 0 aliphatic carbocycles. The molecule has 0 unspecified atom stereocenters. The Morgan fingerprint density at radius 3 is 2.36 bits per heavy atom. The van der Waals surface area contributed by atoms with Crippen molar-refractivity contribution < 1.29 is 23.8 Å². The zero-order valence-electron chi connectivity index (χ0n) is 20.5. The largest absolute Gasteiger partial charge is 0.493 e. The van der Waals surface area contributed by atoms with Crippen LogP contribution in [0.25, 0.3) is 22.2 Å². The van der Waals surface area contributed by atoms with Gasteiger partial charge in [-0.15, -0.1) is 0 Å². The predicted octanol–water partition coefficient (Wildman–Crippen LogP) is 6.13. The first kappa shape index (κ1) is 24.7. The molecule has 4 rings (SSSR count). The summed E-state index contributed by atoms with van der Waals surface area (Å²) in [6.45, 7) is 2.43. The van der Waals surface area contributed by atoms with Crippen molar-refractivity contribution in [3.63, 3.8) is 0 Å². The quantitative estimate of drug-likeness (QED) is 0.227. The average Bonchev–Trinajstić information content (AvgIpc) is 2.92. The Balaban J connectivity index is 1.62. The number of aromatic nitrogens is 1. The number of hydrogen-bond acceptors (Lipinski definition) is 6. The first-order chi connectivity index (χ1) is 17.5. The normalized spacial score (nSPS) is 10.6. The summed E-state index contributed by atoms with van der Waals surface area (Å²) < 4.78 is 16.0. The van der Waals surface area contributed by atoms with Gasteiger partial charge in [0, 0.05) is 16.6 Å². The zero-order chi connectivity index (χ0) is 25.5. The van der Waals surface area contributed by atoms with E-state index >= 15 is 0 Å². The van der Waals surface area contributed by atoms with Gasteiger partial charge in [-0.25, -0.2) is 9.78 Å². The van der Waals surface area contributed by atoms with Gasteiger partial charge in [0.2, 0.25) is 0 Å². The summed E-state index contributed by atoms with van der Waals surface area (Å²) in [6.07, 6.45) is 1.78. The Hall–Kier alpha value is -4.39. The molecule has 0 aliphatic rings. The number of methoxy groups -OCH3 is 2. The monoisotopic (exact) mass is 484 g/mol. The number of nitrogens with zero attached hydrogens (tertiary/aromatic N) is 1. The number of pyridine rings is 1. The zero-order valence-corrected chi connectivity index (χ0v) is 20.5. The van der Waals surface area contributed by atoms with E-state index in [2.05, 4.69) is 5.32 Å². The molecule has 0 aliphatic heterocycles. The highest BCUT2D eigenvalue weighted by Crippen LogP contribution is 2.33. The number of rotatable bonds is 9. The van der Waals surface area contributed by atoms with E-state index in [9.17, 15) is 9.59 Å². The molecule has 1 aromatic heterocycles. The van der Waals surface area contributed by atoms with Crippen LogP contribution in [0.5, 0.6) is 11.5 Å². The van der Waals surface area contributed by atoms with E-state index < -0.39 is 0 Å². The van der Waals surface area contributed by atoms with Crippen molar-refractivity contribution >= 4 is 28.5 Å². The number of ether oxygens (including phenoxy) is 3. The van der Waals surface area contributed by atoms with Crippen LogP contribution in [0, 0.1) is 0 Å². The lowest BCUT2D eigenvalue weighted by Gasteiger charge is -2.13. The van der Waals surface area contributed by atoms with Gasteiger partial charge in [-0.2, -0.15) is 0 Å². The number of hydrogen-bond donors (Lipinski definition) is 1. The summed E-state index contributed by atoms with van der Waals surface area (Å²) in [6, 6.07) is 21.4. The fraction of sp³-hybridized carbons (Fsp3) is 0.207. The molecule has 0 bridgehead atoms. The molecule has 4 aromatic rings. The second-order valence-corrected chi connectivity index (χ2v) is 8.16. The molecule has 0 radical (unpaired) electrons. The van der Waals surface area contributed by atoms with Crippen molar-refractivity contribution in [1.29, 1.82) is 0 Å². The number of benzene rings is 3. The number of esters is 1. The van der Waals surface area contributed by atoms with Crippen molar-refractivity contribution in [1.82, 2.24) is 4.98 Å². The summed E-state index contributed by atoms with van der Waals surface area (Å²) in [5, 5.41) is 3.66. The maximum absolute atomic E-state index is 13.4. The number of unbranched alkanes of at least 4 members (excludes halogenated alkanes) is 1. The Morgan fingerprint density at radius 2 is 1.64 bits per heavy atom. The van der Waals surface area contributed by atoms with Gasteiger partial charge in [0.15, 0.2) is 11.5 Å². The fourth-order valence-electron chi connectivity index (χ4n) is 3.79. The second-order valence-electron chi connectivity index (χ2n) is 8.16. The molecule has 0 saturated heterocycles. The maximum Gasteiger partial charge on any atom is 0.338 e. The van der Waals surface area contributed by atoms with Crippen LogP contribution in [-0.2, 0) is 4.74 Å². The predicted molar refractivity (Wildman–Crippen MR) is 140 cm³/mol. The summed E-state index contributed by atoms with van der Waals surface area (Å²) in [4.78, 5) is 30.3. The third kappa shape index (κ3) is 5.46. The van der Waals surface area contributed by atoms with Gasteiger partial charge < -0.3 is 19.5 Å². The Labute approximate surface area is 210 Å². The van der Waals surface area contributed by atoms with Gasteiger partial charge >= 0.3 is 5.97 Å². The first-order valence-corrected chi connectivity index (χ1v) is 11.7. The number of anilines is 1. The van der Waals surface area contributed by atoms with Crippen LogP contribution in [0.4, 0.5) is 5.69 Å². The molecule has 1 amide bonds. The molecule has 3 aromatic carbocycles. The summed E-state index contributed by atoms with van der Waals surface area (Å²) >= 11 is 0. The highest BCUT2D eigenvalue weighted by molar-refractivity contribution is 6.13. The van der Waals surface area contributed by atoms with Gasteiger partial charge in [0.1, 0.15) is 0 Å². The molecule has 7 nitrogen and oxygen atoms in total. The molecular formula is C29H28N2O5. The minimum atomic E-state index is -0.374. The first-order valence-electron chi connectivity index (χ1n) is 11.7. The SMILES string of the molecule is CCCCOC(=O)c1ccc(NC(=O)c2cc(-c3ccc(OC)c(OC)c3)nc3ccccc23)cc1. The van der Waals surface area contributed by atoms with Crippen molar-refractivity contribution in [2.45, 2.75) is 19.8 Å². The molecular weight excluding hydrogens is 456 g/mol. The lowest BCUT2D eigenvalue weighted by atomic mass is 10.0. The van der Waals surface area contributed by atoms with Crippen LogP contribution in [0.2, 0.25) is 0 Å². The summed E-state index contributed by atoms with van der Waals surface area (Å²) in [7, 11) is 3.15.